The van der Waals surface area contributed by atoms with Crippen molar-refractivity contribution in [3.63, 3.8) is 0 Å². The Labute approximate surface area is 64.5 Å². The third kappa shape index (κ3) is 18.0. The Kier molecular flexibility index (Phi) is 14.2. The number of allylic oxidation sites excluding steroid dienone is 2. The van der Waals surface area contributed by atoms with Crippen molar-refractivity contribution in [1.29, 1.82) is 0 Å². The van der Waals surface area contributed by atoms with Gasteiger partial charge in [0.15, 0.2) is 0 Å². The second-order valence-electron chi connectivity index (χ2n) is 2.49. The number of halogens is 1. The molecule has 0 heterocycles. The summed E-state index contributed by atoms with van der Waals surface area (Å²) in [7, 11) is 0. The highest BCUT2D eigenvalue weighted by atomic mass is 35.5. The summed E-state index contributed by atoms with van der Waals surface area (Å²) in [6.45, 7) is 8.62. The zero-order chi connectivity index (χ0) is 5.86. The van der Waals surface area contributed by atoms with Crippen molar-refractivity contribution in [2.75, 3.05) is 0 Å². The summed E-state index contributed by atoms with van der Waals surface area (Å²) >= 11 is 0. The second kappa shape index (κ2) is 7.99. The minimum Gasteiger partial charge on any atom is -0.344 e. The topological polar surface area (TPSA) is 35.0 Å². The van der Waals surface area contributed by atoms with Crippen molar-refractivity contribution >= 4 is 12.4 Å². The van der Waals surface area contributed by atoms with Crippen LogP contribution in [-0.2, 0) is 0 Å². The Morgan fingerprint density at radius 2 is 1.56 bits per heavy atom. The molecule has 0 aliphatic rings. The summed E-state index contributed by atoms with van der Waals surface area (Å²) in [6, 6.07) is 0. The van der Waals surface area contributed by atoms with Crippen LogP contribution in [0, 0.1) is 5.92 Å². The molecule has 0 bridgehead atoms. The Morgan fingerprint density at radius 3 is 1.56 bits per heavy atom. The molecule has 0 aliphatic heterocycles. The fraction of sp³-hybridized carbons (Fsp3) is 0.714. The van der Waals surface area contributed by atoms with Gasteiger partial charge < -0.3 is 6.15 Å². The van der Waals surface area contributed by atoms with Crippen LogP contribution in [-0.4, -0.2) is 0 Å². The van der Waals surface area contributed by atoms with Gasteiger partial charge in [-0.25, -0.2) is 0 Å². The van der Waals surface area contributed by atoms with Crippen LogP contribution in [0.3, 0.4) is 0 Å². The maximum Gasteiger partial charge on any atom is -0.0288 e. The smallest absolute Gasteiger partial charge is 0.0288 e. The van der Waals surface area contributed by atoms with Crippen molar-refractivity contribution in [1.82, 2.24) is 6.15 Å². The molecule has 0 aromatic carbocycles. The molecule has 0 spiro atoms. The molecule has 0 aromatic rings. The highest BCUT2D eigenvalue weighted by Crippen LogP contribution is 1.98. The average Bonchev–Trinajstić information content (AvgIpc) is 1.27. The van der Waals surface area contributed by atoms with E-state index in [0.29, 0.717) is 5.92 Å². The Hall–Kier alpha value is -0.0100. The molecule has 9 heavy (non-hydrogen) atoms. The largest absolute Gasteiger partial charge is 0.344 e. The van der Waals surface area contributed by atoms with Gasteiger partial charge in [0.05, 0.1) is 0 Å². The monoisotopic (exact) mass is 151 g/mol. The second-order valence-corrected chi connectivity index (χ2v) is 2.49. The molecule has 0 saturated heterocycles. The molecule has 0 unspecified atom stereocenters. The molecule has 0 atom stereocenters. The zero-order valence-corrected chi connectivity index (χ0v) is 7.59. The van der Waals surface area contributed by atoms with Crippen molar-refractivity contribution in [3.05, 3.63) is 11.6 Å². The van der Waals surface area contributed by atoms with Crippen LogP contribution in [0.2, 0.25) is 0 Å². The van der Waals surface area contributed by atoms with E-state index in [1.165, 1.54) is 5.57 Å². The van der Waals surface area contributed by atoms with Crippen LogP contribution in [0.25, 0.3) is 0 Å². The third-order valence-corrected chi connectivity index (χ3v) is 0.667. The molecule has 0 saturated carbocycles. The van der Waals surface area contributed by atoms with E-state index < -0.39 is 0 Å². The van der Waals surface area contributed by atoms with E-state index in [9.17, 15) is 0 Å². The lowest BCUT2D eigenvalue weighted by Gasteiger charge is -1.93. The molecule has 0 aromatic heterocycles. The molecule has 1 nitrogen and oxygen atoms in total. The molecule has 0 rings (SSSR count). The summed E-state index contributed by atoms with van der Waals surface area (Å²) in [5, 5.41) is 0. The molecule has 0 amide bonds. The molecule has 2 heteroatoms. The van der Waals surface area contributed by atoms with Crippen molar-refractivity contribution < 1.29 is 0 Å². The highest BCUT2D eigenvalue weighted by molar-refractivity contribution is 5.85. The van der Waals surface area contributed by atoms with E-state index >= 15 is 0 Å². The predicted molar refractivity (Wildman–Crippen MR) is 46.5 cm³/mol. The van der Waals surface area contributed by atoms with E-state index in [4.69, 9.17) is 0 Å². The van der Waals surface area contributed by atoms with Gasteiger partial charge in [0, 0.05) is 0 Å². The SMILES string of the molecule is CC(C)=CC(C)C.Cl.N. The predicted octanol–water partition coefficient (Wildman–Crippen LogP) is 3.19. The van der Waals surface area contributed by atoms with E-state index in [2.05, 4.69) is 33.8 Å². The minimum atomic E-state index is 0. The van der Waals surface area contributed by atoms with Gasteiger partial charge in [-0.05, 0) is 19.8 Å². The van der Waals surface area contributed by atoms with Gasteiger partial charge in [-0.1, -0.05) is 25.5 Å². The molecular formula is C7H18ClN. The lowest BCUT2D eigenvalue weighted by atomic mass is 10.1. The van der Waals surface area contributed by atoms with Gasteiger partial charge in [-0.15, -0.1) is 12.4 Å². The number of hydrogen-bond acceptors (Lipinski definition) is 1. The van der Waals surface area contributed by atoms with Gasteiger partial charge in [0.1, 0.15) is 0 Å². The number of rotatable bonds is 1. The number of hydrogen-bond donors (Lipinski definition) is 1. The highest BCUT2D eigenvalue weighted by Gasteiger charge is 1.82. The first-order valence-electron chi connectivity index (χ1n) is 2.78. The first kappa shape index (κ1) is 16.0. The first-order valence-corrected chi connectivity index (χ1v) is 2.78. The van der Waals surface area contributed by atoms with Gasteiger partial charge >= 0.3 is 0 Å². The lowest BCUT2D eigenvalue weighted by Crippen LogP contribution is -1.77. The van der Waals surface area contributed by atoms with Crippen molar-refractivity contribution in [2.24, 2.45) is 5.92 Å². The van der Waals surface area contributed by atoms with Crippen LogP contribution in [0.1, 0.15) is 27.7 Å². The average molecular weight is 152 g/mol. The quantitative estimate of drug-likeness (QED) is 0.574. The van der Waals surface area contributed by atoms with Crippen molar-refractivity contribution in [2.45, 2.75) is 27.7 Å². The molecule has 0 radical (unpaired) electrons. The Balaban J connectivity index is -0.000000180. The van der Waals surface area contributed by atoms with Crippen LogP contribution in [0.5, 0.6) is 0 Å². The molecule has 58 valence electrons. The Bertz CT molecular complexity index is 73.0. The van der Waals surface area contributed by atoms with E-state index in [1.807, 2.05) is 0 Å². The van der Waals surface area contributed by atoms with Gasteiger partial charge in [0.25, 0.3) is 0 Å². The molecule has 0 fully saturated rings. The van der Waals surface area contributed by atoms with E-state index in [-0.39, 0.29) is 18.6 Å². The minimum absolute atomic E-state index is 0. The fourth-order valence-electron chi connectivity index (χ4n) is 0.667. The maximum atomic E-state index is 2.25. The fourth-order valence-corrected chi connectivity index (χ4v) is 0.667. The summed E-state index contributed by atoms with van der Waals surface area (Å²) in [6.07, 6.45) is 2.25. The maximum absolute atomic E-state index is 2.25. The van der Waals surface area contributed by atoms with Crippen LogP contribution in [0.15, 0.2) is 11.6 Å². The molecule has 3 N–H and O–H groups in total. The molecule has 0 aliphatic carbocycles. The standard InChI is InChI=1S/C7H14.ClH.H3N/c1-6(2)5-7(3)4;;/h5-6H,1-4H3;1H;1H3. The third-order valence-electron chi connectivity index (χ3n) is 0.667. The molecular weight excluding hydrogens is 134 g/mol. The summed E-state index contributed by atoms with van der Waals surface area (Å²) in [5.74, 6) is 0.713. The van der Waals surface area contributed by atoms with Gasteiger partial charge in [-0.2, -0.15) is 0 Å². The lowest BCUT2D eigenvalue weighted by molar-refractivity contribution is 0.822. The van der Waals surface area contributed by atoms with Crippen LogP contribution < -0.4 is 6.15 Å². The van der Waals surface area contributed by atoms with Crippen LogP contribution >= 0.6 is 12.4 Å². The zero-order valence-electron chi connectivity index (χ0n) is 6.77. The van der Waals surface area contributed by atoms with Crippen molar-refractivity contribution in [3.8, 4) is 0 Å². The Morgan fingerprint density at radius 1 is 1.22 bits per heavy atom. The van der Waals surface area contributed by atoms with Gasteiger partial charge in [-0.3, -0.25) is 0 Å². The summed E-state index contributed by atoms with van der Waals surface area (Å²) < 4.78 is 0. The summed E-state index contributed by atoms with van der Waals surface area (Å²) in [4.78, 5) is 0. The van der Waals surface area contributed by atoms with Crippen LogP contribution in [0.4, 0.5) is 0 Å². The first-order chi connectivity index (χ1) is 3.13. The normalized spacial score (nSPS) is 7.22. The van der Waals surface area contributed by atoms with Gasteiger partial charge in [0.2, 0.25) is 0 Å². The van der Waals surface area contributed by atoms with E-state index in [0.717, 1.165) is 0 Å². The van der Waals surface area contributed by atoms with E-state index in [1.54, 1.807) is 0 Å². The summed E-state index contributed by atoms with van der Waals surface area (Å²) in [5.41, 5.74) is 1.41.